The van der Waals surface area contributed by atoms with E-state index in [-0.39, 0.29) is 35.0 Å². The number of methoxy groups -OCH3 is 2. The number of aromatic nitrogens is 5. The molecule has 3 aliphatic rings. The number of hydrogen-bond donors (Lipinski definition) is 0. The SMILES string of the molecule is COc1ncc(-c2cc([C@H]3C[C@@H]3c3cc4c(cc3F)C3(CC3)C(=O)N4CC(F)(F)F)c3nccn3n2)c(OC)n1. The van der Waals surface area contributed by atoms with Crippen LogP contribution < -0.4 is 14.4 Å². The Balaban J connectivity index is 1.28. The van der Waals surface area contributed by atoms with E-state index in [0.717, 1.165) is 10.5 Å². The first-order valence-corrected chi connectivity index (χ1v) is 12.7. The van der Waals surface area contributed by atoms with E-state index in [0.29, 0.717) is 41.7 Å². The van der Waals surface area contributed by atoms with Crippen molar-refractivity contribution in [1.29, 1.82) is 0 Å². The van der Waals surface area contributed by atoms with Crippen LogP contribution in [-0.2, 0) is 10.2 Å². The Kier molecular flexibility index (Phi) is 5.17. The van der Waals surface area contributed by atoms with Crippen molar-refractivity contribution in [1.82, 2.24) is 24.6 Å². The first kappa shape index (κ1) is 24.7. The van der Waals surface area contributed by atoms with E-state index in [1.807, 2.05) is 6.07 Å². The minimum absolute atomic E-state index is 0.130. The predicted octanol–water partition coefficient (Wildman–Crippen LogP) is 4.55. The second kappa shape index (κ2) is 8.35. The zero-order valence-electron chi connectivity index (χ0n) is 21.4. The zero-order chi connectivity index (χ0) is 28.0. The Morgan fingerprint density at radius 1 is 1.07 bits per heavy atom. The molecule has 0 N–H and O–H groups in total. The average molecular weight is 555 g/mol. The molecule has 0 bridgehead atoms. The molecule has 2 aliphatic carbocycles. The van der Waals surface area contributed by atoms with E-state index in [2.05, 4.69) is 20.1 Å². The minimum atomic E-state index is -4.57. The van der Waals surface area contributed by atoms with Crippen molar-refractivity contribution >= 4 is 17.2 Å². The molecule has 2 saturated carbocycles. The molecule has 1 aliphatic heterocycles. The van der Waals surface area contributed by atoms with Crippen LogP contribution in [0.15, 0.2) is 36.8 Å². The van der Waals surface area contributed by atoms with Crippen LogP contribution in [0.25, 0.3) is 16.9 Å². The Labute approximate surface area is 224 Å². The van der Waals surface area contributed by atoms with Gasteiger partial charge in [0.15, 0.2) is 5.65 Å². The Bertz CT molecular complexity index is 1700. The number of rotatable bonds is 6. The molecule has 4 aromatic rings. The smallest absolute Gasteiger partial charge is 0.406 e. The third kappa shape index (κ3) is 3.70. The molecule has 1 aromatic carbocycles. The number of carbonyl (C=O) groups excluding carboxylic acids is 1. The van der Waals surface area contributed by atoms with Gasteiger partial charge in [-0.1, -0.05) is 0 Å². The van der Waals surface area contributed by atoms with E-state index in [4.69, 9.17) is 9.47 Å². The van der Waals surface area contributed by atoms with Gasteiger partial charge in [-0.3, -0.25) is 4.79 Å². The summed E-state index contributed by atoms with van der Waals surface area (Å²) in [5, 5.41) is 4.61. The van der Waals surface area contributed by atoms with Crippen molar-refractivity contribution in [2.75, 3.05) is 25.7 Å². The van der Waals surface area contributed by atoms with Gasteiger partial charge in [0, 0.05) is 29.8 Å². The van der Waals surface area contributed by atoms with Gasteiger partial charge in [-0.05, 0) is 60.4 Å². The molecule has 0 radical (unpaired) electrons. The number of benzene rings is 1. The number of hydrogen-bond acceptors (Lipinski definition) is 7. The van der Waals surface area contributed by atoms with Crippen molar-refractivity contribution in [3.05, 3.63) is 59.3 Å². The lowest BCUT2D eigenvalue weighted by Gasteiger charge is -2.20. The van der Waals surface area contributed by atoms with Gasteiger partial charge in [0.05, 0.1) is 30.9 Å². The monoisotopic (exact) mass is 554 g/mol. The topological polar surface area (TPSA) is 94.7 Å². The van der Waals surface area contributed by atoms with Crippen molar-refractivity contribution < 1.29 is 31.8 Å². The summed E-state index contributed by atoms with van der Waals surface area (Å²) >= 11 is 0. The highest BCUT2D eigenvalue weighted by molar-refractivity contribution is 6.10. The standard InChI is InChI=1S/C27H22F4N6O3/c1-39-23-17(11-33-25(34-23)40-2)20-8-16(22-32-5-6-37(22)35-20)14-7-13(14)15-9-21-18(10-19(15)28)26(3-4-26)24(38)36(21)12-27(29,30)31/h5-6,8-11,13-14H,3-4,7,12H2,1-2H3/t13-,14-/m0/s1. The summed E-state index contributed by atoms with van der Waals surface area (Å²) < 4.78 is 67.7. The second-order valence-electron chi connectivity index (χ2n) is 10.4. The lowest BCUT2D eigenvalue weighted by Crippen LogP contribution is -2.39. The maximum atomic E-state index is 15.5. The summed E-state index contributed by atoms with van der Waals surface area (Å²) in [4.78, 5) is 26.5. The maximum absolute atomic E-state index is 15.5. The van der Waals surface area contributed by atoms with Crippen molar-refractivity contribution in [3.8, 4) is 23.1 Å². The largest absolute Gasteiger partial charge is 0.480 e. The van der Waals surface area contributed by atoms with Crippen molar-refractivity contribution in [3.63, 3.8) is 0 Å². The molecule has 1 spiro atoms. The summed E-state index contributed by atoms with van der Waals surface area (Å²) in [7, 11) is 2.91. The van der Waals surface area contributed by atoms with Crippen LogP contribution in [0.1, 0.15) is 47.8 Å². The van der Waals surface area contributed by atoms with Crippen LogP contribution >= 0.6 is 0 Å². The number of fused-ring (bicyclic) bond motifs is 3. The lowest BCUT2D eigenvalue weighted by atomic mass is 9.94. The van der Waals surface area contributed by atoms with Crippen LogP contribution in [0, 0.1) is 5.82 Å². The molecule has 1 amide bonds. The van der Waals surface area contributed by atoms with Crippen molar-refractivity contribution in [2.24, 2.45) is 0 Å². The van der Waals surface area contributed by atoms with E-state index >= 15 is 4.39 Å². The number of nitrogens with zero attached hydrogens (tertiary/aromatic N) is 6. The molecule has 0 unspecified atom stereocenters. The lowest BCUT2D eigenvalue weighted by molar-refractivity contribution is -0.132. The van der Waals surface area contributed by atoms with Gasteiger partial charge >= 0.3 is 12.2 Å². The summed E-state index contributed by atoms with van der Waals surface area (Å²) in [6.45, 7) is -1.39. The average Bonchev–Trinajstić information content (AvgIpc) is 3.84. The normalized spacial score (nSPS) is 20.8. The third-order valence-electron chi connectivity index (χ3n) is 8.02. The fraction of sp³-hybridized carbons (Fsp3) is 0.370. The fourth-order valence-electron chi connectivity index (χ4n) is 5.90. The molecule has 0 saturated heterocycles. The molecule has 3 aromatic heterocycles. The molecular formula is C27H22F4N6O3. The van der Waals surface area contributed by atoms with Gasteiger partial charge in [0.1, 0.15) is 12.4 Å². The van der Waals surface area contributed by atoms with Gasteiger partial charge in [0.2, 0.25) is 11.8 Å². The van der Waals surface area contributed by atoms with Gasteiger partial charge in [-0.2, -0.15) is 23.3 Å². The summed E-state index contributed by atoms with van der Waals surface area (Å²) in [6, 6.07) is 4.66. The third-order valence-corrected chi connectivity index (χ3v) is 8.02. The molecule has 40 heavy (non-hydrogen) atoms. The summed E-state index contributed by atoms with van der Waals surface area (Å²) in [5.74, 6) is -1.35. The van der Waals surface area contributed by atoms with Crippen LogP contribution in [0.5, 0.6) is 11.9 Å². The number of amides is 1. The van der Waals surface area contributed by atoms with E-state index in [1.54, 1.807) is 16.9 Å². The molecular weight excluding hydrogens is 532 g/mol. The highest BCUT2D eigenvalue weighted by Gasteiger charge is 2.61. The first-order chi connectivity index (χ1) is 19.1. The molecule has 13 heteroatoms. The van der Waals surface area contributed by atoms with Crippen LogP contribution in [0.4, 0.5) is 23.2 Å². The molecule has 2 atom stereocenters. The number of carbonyl (C=O) groups is 1. The molecule has 2 fully saturated rings. The van der Waals surface area contributed by atoms with Crippen LogP contribution in [0.3, 0.4) is 0 Å². The number of imidazole rings is 1. The first-order valence-electron chi connectivity index (χ1n) is 12.7. The Morgan fingerprint density at radius 3 is 2.55 bits per heavy atom. The second-order valence-corrected chi connectivity index (χ2v) is 10.4. The van der Waals surface area contributed by atoms with Crippen molar-refractivity contribution in [2.45, 2.75) is 42.7 Å². The Hall–Kier alpha value is -4.29. The maximum Gasteiger partial charge on any atom is 0.406 e. The minimum Gasteiger partial charge on any atom is -0.480 e. The van der Waals surface area contributed by atoms with E-state index < -0.39 is 29.9 Å². The molecule has 4 heterocycles. The number of ether oxygens (including phenoxy) is 2. The van der Waals surface area contributed by atoms with Gasteiger partial charge in [0.25, 0.3) is 0 Å². The van der Waals surface area contributed by atoms with E-state index in [9.17, 15) is 18.0 Å². The number of alkyl halides is 3. The predicted molar refractivity (Wildman–Crippen MR) is 133 cm³/mol. The highest BCUT2D eigenvalue weighted by atomic mass is 19.4. The highest BCUT2D eigenvalue weighted by Crippen LogP contribution is 2.61. The fourth-order valence-corrected chi connectivity index (χ4v) is 5.90. The van der Waals surface area contributed by atoms with Gasteiger partial charge in [-0.15, -0.1) is 0 Å². The van der Waals surface area contributed by atoms with Crippen LogP contribution in [0.2, 0.25) is 0 Å². The molecule has 7 rings (SSSR count). The summed E-state index contributed by atoms with van der Waals surface area (Å²) in [6.07, 6.45) is 1.64. The summed E-state index contributed by atoms with van der Waals surface area (Å²) in [5.41, 5.74) is 2.16. The van der Waals surface area contributed by atoms with Crippen LogP contribution in [-0.4, -0.2) is 57.4 Å². The molecule has 9 nitrogen and oxygen atoms in total. The zero-order valence-corrected chi connectivity index (χ0v) is 21.4. The van der Waals surface area contributed by atoms with E-state index in [1.165, 1.54) is 32.5 Å². The quantitative estimate of drug-likeness (QED) is 0.323. The number of halogens is 4. The Morgan fingerprint density at radius 2 is 1.85 bits per heavy atom. The number of anilines is 1. The van der Waals surface area contributed by atoms with Gasteiger partial charge < -0.3 is 14.4 Å². The molecule has 206 valence electrons. The van der Waals surface area contributed by atoms with Gasteiger partial charge in [-0.25, -0.2) is 18.9 Å².